The zero-order valence-electron chi connectivity index (χ0n) is 16.4. The Morgan fingerprint density at radius 2 is 1.80 bits per heavy atom. The summed E-state index contributed by atoms with van der Waals surface area (Å²) in [5, 5.41) is 3.51. The maximum atomic E-state index is 13.1. The molecule has 3 nitrogen and oxygen atoms in total. The number of hydrogen-bond donors (Lipinski definition) is 1. The van der Waals surface area contributed by atoms with Gasteiger partial charge in [0.25, 0.3) is 0 Å². The Balaban J connectivity index is 2.14. The van der Waals surface area contributed by atoms with Crippen molar-refractivity contribution in [2.75, 3.05) is 7.05 Å². The van der Waals surface area contributed by atoms with Crippen molar-refractivity contribution in [3.05, 3.63) is 35.6 Å². The lowest BCUT2D eigenvalue weighted by Crippen LogP contribution is -2.52. The summed E-state index contributed by atoms with van der Waals surface area (Å²) in [5.41, 5.74) is 0.598. The number of Topliss-reactive ketones (excluding diaryl/α,β-unsaturated/α-hetero) is 1. The first-order valence-electron chi connectivity index (χ1n) is 9.20. The molecule has 0 bridgehead atoms. The van der Waals surface area contributed by atoms with Gasteiger partial charge >= 0.3 is 0 Å². The Hall–Kier alpha value is -1.04. The number of ketones is 1. The predicted molar refractivity (Wildman–Crippen MR) is 103 cm³/mol. The van der Waals surface area contributed by atoms with Gasteiger partial charge in [-0.2, -0.15) is 0 Å². The minimum Gasteiger partial charge on any atom is -0.412 e. The lowest BCUT2D eigenvalue weighted by atomic mass is 9.80. The first kappa shape index (κ1) is 20.3. The molecule has 5 heteroatoms. The molecule has 0 heterocycles. The third-order valence-corrected chi connectivity index (χ3v) is 10.4. The molecule has 0 saturated heterocycles. The van der Waals surface area contributed by atoms with Gasteiger partial charge in [0.1, 0.15) is 5.82 Å². The minimum absolute atomic E-state index is 0.0500. The topological polar surface area (TPSA) is 38.3 Å². The van der Waals surface area contributed by atoms with Crippen LogP contribution >= 0.6 is 0 Å². The average molecular weight is 366 g/mol. The van der Waals surface area contributed by atoms with Gasteiger partial charge in [0.2, 0.25) is 0 Å². The Morgan fingerprint density at radius 3 is 2.32 bits per heavy atom. The van der Waals surface area contributed by atoms with E-state index in [0.29, 0.717) is 5.56 Å². The smallest absolute Gasteiger partial charge is 0.192 e. The van der Waals surface area contributed by atoms with E-state index >= 15 is 0 Å². The fourth-order valence-corrected chi connectivity index (χ4v) is 4.60. The van der Waals surface area contributed by atoms with E-state index in [2.05, 4.69) is 39.2 Å². The number of nitrogens with one attached hydrogen (secondary N) is 1. The SMILES string of the molecule is CN[C@@H]1CC[C@@H](C(=O)c2ccc(F)cc2)C[C@@H]1O[Si](C)(C)C(C)(C)C. The van der Waals surface area contributed by atoms with Crippen LogP contribution in [0.5, 0.6) is 0 Å². The third-order valence-electron chi connectivity index (χ3n) is 5.91. The van der Waals surface area contributed by atoms with Crippen LogP contribution in [0.25, 0.3) is 0 Å². The molecule has 1 fully saturated rings. The molecule has 1 saturated carbocycles. The minimum atomic E-state index is -1.90. The number of hydrogen-bond acceptors (Lipinski definition) is 3. The molecule has 0 radical (unpaired) electrons. The Kier molecular flexibility index (Phi) is 6.23. The molecule has 1 aliphatic carbocycles. The summed E-state index contributed by atoms with van der Waals surface area (Å²) >= 11 is 0. The van der Waals surface area contributed by atoms with Gasteiger partial charge in [0, 0.05) is 17.5 Å². The summed E-state index contributed by atoms with van der Waals surface area (Å²) in [7, 11) is 0.0647. The Labute approximate surface area is 152 Å². The van der Waals surface area contributed by atoms with E-state index in [1.807, 2.05) is 7.05 Å². The van der Waals surface area contributed by atoms with Crippen LogP contribution in [0.2, 0.25) is 18.1 Å². The molecule has 1 aromatic rings. The van der Waals surface area contributed by atoms with Gasteiger partial charge in [0.05, 0.1) is 6.10 Å². The highest BCUT2D eigenvalue weighted by Crippen LogP contribution is 2.40. The molecular formula is C20H32FNO2Si. The number of benzene rings is 1. The molecule has 0 amide bonds. The van der Waals surface area contributed by atoms with Crippen LogP contribution in [0.3, 0.4) is 0 Å². The highest BCUT2D eigenvalue weighted by atomic mass is 28.4. The molecule has 140 valence electrons. The standard InChI is InChI=1S/C20H32FNO2Si/c1-20(2,3)25(5,6)24-18-13-15(9-12-17(18)22-4)19(23)14-7-10-16(21)11-8-14/h7-8,10-11,15,17-18,22H,9,12-13H2,1-6H3/t15-,17-,18+/m1/s1. The molecule has 0 aromatic heterocycles. The van der Waals surface area contributed by atoms with Crippen molar-refractivity contribution >= 4 is 14.1 Å². The van der Waals surface area contributed by atoms with Crippen LogP contribution in [-0.4, -0.2) is 33.3 Å². The highest BCUT2D eigenvalue weighted by molar-refractivity contribution is 6.74. The summed E-state index contributed by atoms with van der Waals surface area (Å²) in [6.07, 6.45) is 2.55. The van der Waals surface area contributed by atoms with Crippen molar-refractivity contribution in [3.63, 3.8) is 0 Å². The highest BCUT2D eigenvalue weighted by Gasteiger charge is 2.43. The molecule has 2 rings (SSSR count). The van der Waals surface area contributed by atoms with E-state index in [9.17, 15) is 9.18 Å². The van der Waals surface area contributed by atoms with Crippen LogP contribution in [0.1, 0.15) is 50.4 Å². The van der Waals surface area contributed by atoms with Gasteiger partial charge in [0.15, 0.2) is 14.1 Å². The number of carbonyl (C=O) groups excluding carboxylic acids is 1. The quantitative estimate of drug-likeness (QED) is 0.602. The normalized spacial score (nSPS) is 25.0. The summed E-state index contributed by atoms with van der Waals surface area (Å²) in [6, 6.07) is 6.18. The van der Waals surface area contributed by atoms with E-state index in [-0.39, 0.29) is 34.7 Å². The first-order valence-corrected chi connectivity index (χ1v) is 12.1. The van der Waals surface area contributed by atoms with Gasteiger partial charge in [-0.25, -0.2) is 4.39 Å². The van der Waals surface area contributed by atoms with Crippen LogP contribution in [0.4, 0.5) is 4.39 Å². The maximum Gasteiger partial charge on any atom is 0.192 e. The Morgan fingerprint density at radius 1 is 1.20 bits per heavy atom. The zero-order chi connectivity index (χ0) is 18.8. The van der Waals surface area contributed by atoms with Gasteiger partial charge < -0.3 is 9.74 Å². The van der Waals surface area contributed by atoms with E-state index in [4.69, 9.17) is 4.43 Å². The van der Waals surface area contributed by atoms with Crippen molar-refractivity contribution in [3.8, 4) is 0 Å². The van der Waals surface area contributed by atoms with E-state index in [1.165, 1.54) is 12.1 Å². The molecule has 1 aliphatic rings. The van der Waals surface area contributed by atoms with Crippen LogP contribution in [-0.2, 0) is 4.43 Å². The molecule has 1 N–H and O–H groups in total. The monoisotopic (exact) mass is 365 g/mol. The number of carbonyl (C=O) groups is 1. The second kappa shape index (κ2) is 7.68. The summed E-state index contributed by atoms with van der Waals surface area (Å²) in [5.74, 6) is -0.252. The first-order chi connectivity index (χ1) is 11.5. The average Bonchev–Trinajstić information content (AvgIpc) is 2.53. The van der Waals surface area contributed by atoms with Gasteiger partial charge in [-0.1, -0.05) is 20.8 Å². The van der Waals surface area contributed by atoms with Crippen molar-refractivity contribution in [1.29, 1.82) is 0 Å². The second-order valence-corrected chi connectivity index (χ2v) is 13.4. The van der Waals surface area contributed by atoms with E-state index < -0.39 is 8.32 Å². The number of rotatable bonds is 5. The lowest BCUT2D eigenvalue weighted by Gasteiger charge is -2.44. The van der Waals surface area contributed by atoms with Crippen LogP contribution in [0, 0.1) is 11.7 Å². The Bertz CT molecular complexity index is 595. The van der Waals surface area contributed by atoms with Crippen molar-refractivity contribution in [2.45, 2.75) is 70.3 Å². The molecular weight excluding hydrogens is 333 g/mol. The molecule has 3 atom stereocenters. The van der Waals surface area contributed by atoms with Crippen molar-refractivity contribution in [1.82, 2.24) is 5.32 Å². The second-order valence-electron chi connectivity index (χ2n) is 8.69. The summed E-state index contributed by atoms with van der Waals surface area (Å²) in [6.45, 7) is 11.2. The van der Waals surface area contributed by atoms with Crippen molar-refractivity contribution < 1.29 is 13.6 Å². The van der Waals surface area contributed by atoms with Gasteiger partial charge in [-0.05, 0) is 68.7 Å². The summed E-state index contributed by atoms with van der Waals surface area (Å²) < 4.78 is 19.8. The summed E-state index contributed by atoms with van der Waals surface area (Å²) in [4.78, 5) is 12.8. The lowest BCUT2D eigenvalue weighted by molar-refractivity contribution is 0.0613. The van der Waals surface area contributed by atoms with Crippen LogP contribution in [0.15, 0.2) is 24.3 Å². The van der Waals surface area contributed by atoms with E-state index in [1.54, 1.807) is 12.1 Å². The maximum absolute atomic E-state index is 13.1. The van der Waals surface area contributed by atoms with Crippen LogP contribution < -0.4 is 5.32 Å². The number of likely N-dealkylation sites (N-methyl/N-ethyl adjacent to an activating group) is 1. The molecule has 1 aromatic carbocycles. The third kappa shape index (κ3) is 4.77. The fraction of sp³-hybridized carbons (Fsp3) is 0.650. The van der Waals surface area contributed by atoms with E-state index in [0.717, 1.165) is 19.3 Å². The zero-order valence-corrected chi connectivity index (χ0v) is 17.4. The van der Waals surface area contributed by atoms with Gasteiger partial charge in [-0.15, -0.1) is 0 Å². The molecule has 0 unspecified atom stereocenters. The molecule has 0 spiro atoms. The molecule has 25 heavy (non-hydrogen) atoms. The van der Waals surface area contributed by atoms with Gasteiger partial charge in [-0.3, -0.25) is 4.79 Å². The molecule has 0 aliphatic heterocycles. The largest absolute Gasteiger partial charge is 0.412 e. The fourth-order valence-electron chi connectivity index (χ4n) is 3.23. The predicted octanol–water partition coefficient (Wildman–Crippen LogP) is 4.79. The number of halogens is 1. The van der Waals surface area contributed by atoms with Crippen molar-refractivity contribution in [2.24, 2.45) is 5.92 Å².